The smallest absolute Gasteiger partial charge is 0.236 e. The number of likely N-dealkylation sites (tertiary alicyclic amines) is 2. The Labute approximate surface area is 122 Å². The van der Waals surface area contributed by atoms with Gasteiger partial charge < -0.3 is 19.9 Å². The average molecular weight is 283 g/mol. The van der Waals surface area contributed by atoms with E-state index in [1.165, 1.54) is 32.4 Å². The summed E-state index contributed by atoms with van der Waals surface area (Å²) in [6.07, 6.45) is 6.24. The fourth-order valence-electron chi connectivity index (χ4n) is 3.28. The van der Waals surface area contributed by atoms with Crippen LogP contribution in [0.3, 0.4) is 0 Å². The summed E-state index contributed by atoms with van der Waals surface area (Å²) < 4.78 is 4.97. The van der Waals surface area contributed by atoms with Crippen LogP contribution in [0.1, 0.15) is 32.1 Å². The minimum atomic E-state index is 0.239. The second kappa shape index (κ2) is 8.60. The van der Waals surface area contributed by atoms with Crippen molar-refractivity contribution in [1.29, 1.82) is 0 Å². The summed E-state index contributed by atoms with van der Waals surface area (Å²) in [6.45, 7) is 6.21. The van der Waals surface area contributed by atoms with E-state index in [1.54, 1.807) is 7.11 Å². The number of rotatable bonds is 6. The third-order valence-corrected chi connectivity index (χ3v) is 4.47. The molecule has 0 aromatic carbocycles. The minimum absolute atomic E-state index is 0.239. The van der Waals surface area contributed by atoms with E-state index in [4.69, 9.17) is 4.74 Å². The molecule has 0 radical (unpaired) electrons. The molecule has 2 aliphatic heterocycles. The molecular formula is C15H29N3O2. The van der Waals surface area contributed by atoms with E-state index in [9.17, 15) is 4.79 Å². The zero-order chi connectivity index (χ0) is 14.2. The molecule has 2 saturated heterocycles. The molecule has 116 valence electrons. The standard InChI is InChI=1S/C15H29N3O2/c1-20-12-7-16-13-15(19)18-10-4-5-14(6-11-18)17-8-2-3-9-17/h14,16H,2-13H2,1H3. The maximum atomic E-state index is 12.2. The van der Waals surface area contributed by atoms with Gasteiger partial charge in [-0.05, 0) is 45.2 Å². The predicted octanol–water partition coefficient (Wildman–Crippen LogP) is 0.699. The first-order chi connectivity index (χ1) is 9.81. The largest absolute Gasteiger partial charge is 0.383 e. The summed E-state index contributed by atoms with van der Waals surface area (Å²) in [5.74, 6) is 0.239. The van der Waals surface area contributed by atoms with Gasteiger partial charge in [0.05, 0.1) is 13.2 Å². The third-order valence-electron chi connectivity index (χ3n) is 4.47. The molecule has 1 unspecified atom stereocenters. The van der Waals surface area contributed by atoms with E-state index in [0.29, 0.717) is 19.2 Å². The number of ether oxygens (including phenoxy) is 1. The highest BCUT2D eigenvalue weighted by Crippen LogP contribution is 2.21. The van der Waals surface area contributed by atoms with Crippen molar-refractivity contribution in [2.24, 2.45) is 0 Å². The van der Waals surface area contributed by atoms with Gasteiger partial charge >= 0.3 is 0 Å². The van der Waals surface area contributed by atoms with Gasteiger partial charge in [-0.25, -0.2) is 0 Å². The highest BCUT2D eigenvalue weighted by Gasteiger charge is 2.25. The van der Waals surface area contributed by atoms with Crippen molar-refractivity contribution < 1.29 is 9.53 Å². The monoisotopic (exact) mass is 283 g/mol. The van der Waals surface area contributed by atoms with Crippen LogP contribution in [0.15, 0.2) is 0 Å². The van der Waals surface area contributed by atoms with Gasteiger partial charge in [-0.3, -0.25) is 4.79 Å². The molecule has 2 aliphatic rings. The minimum Gasteiger partial charge on any atom is -0.383 e. The molecular weight excluding hydrogens is 254 g/mol. The zero-order valence-corrected chi connectivity index (χ0v) is 12.8. The lowest BCUT2D eigenvalue weighted by Gasteiger charge is -2.26. The number of nitrogens with one attached hydrogen (secondary N) is 1. The maximum Gasteiger partial charge on any atom is 0.236 e. The third kappa shape index (κ3) is 4.72. The van der Waals surface area contributed by atoms with Gasteiger partial charge in [-0.15, -0.1) is 0 Å². The summed E-state index contributed by atoms with van der Waals surface area (Å²) in [5.41, 5.74) is 0. The summed E-state index contributed by atoms with van der Waals surface area (Å²) in [7, 11) is 1.68. The lowest BCUT2D eigenvalue weighted by atomic mass is 10.1. The molecule has 1 amide bonds. The molecule has 5 heteroatoms. The van der Waals surface area contributed by atoms with E-state index in [0.717, 1.165) is 32.5 Å². The molecule has 0 aromatic heterocycles. The van der Waals surface area contributed by atoms with E-state index in [1.807, 2.05) is 4.90 Å². The Morgan fingerprint density at radius 3 is 2.70 bits per heavy atom. The van der Waals surface area contributed by atoms with Crippen LogP contribution >= 0.6 is 0 Å². The molecule has 1 N–H and O–H groups in total. The SMILES string of the molecule is COCCNCC(=O)N1CCCC(N2CCCC2)CC1. The fourth-order valence-corrected chi connectivity index (χ4v) is 3.28. The average Bonchev–Trinajstić information content (AvgIpc) is 2.88. The van der Waals surface area contributed by atoms with Gasteiger partial charge in [-0.2, -0.15) is 0 Å². The van der Waals surface area contributed by atoms with Crippen LogP contribution in [0.5, 0.6) is 0 Å². The summed E-state index contributed by atoms with van der Waals surface area (Å²) in [4.78, 5) is 16.8. The van der Waals surface area contributed by atoms with Gasteiger partial charge in [0.15, 0.2) is 0 Å². The van der Waals surface area contributed by atoms with Crippen LogP contribution < -0.4 is 5.32 Å². The lowest BCUT2D eigenvalue weighted by Crippen LogP contribution is -2.40. The molecule has 0 saturated carbocycles. The molecule has 1 atom stereocenters. The van der Waals surface area contributed by atoms with E-state index in [2.05, 4.69) is 10.2 Å². The van der Waals surface area contributed by atoms with Crippen LogP contribution in [0.25, 0.3) is 0 Å². The van der Waals surface area contributed by atoms with Crippen LogP contribution in [0.4, 0.5) is 0 Å². The van der Waals surface area contributed by atoms with E-state index in [-0.39, 0.29) is 5.91 Å². The Balaban J connectivity index is 1.70. The molecule has 0 aliphatic carbocycles. The van der Waals surface area contributed by atoms with Gasteiger partial charge in [-0.1, -0.05) is 0 Å². The number of nitrogens with zero attached hydrogens (tertiary/aromatic N) is 2. The molecule has 20 heavy (non-hydrogen) atoms. The number of carbonyl (C=O) groups excluding carboxylic acids is 1. The van der Waals surface area contributed by atoms with Gasteiger partial charge in [0, 0.05) is 32.8 Å². The van der Waals surface area contributed by atoms with Gasteiger partial charge in [0.25, 0.3) is 0 Å². The second-order valence-corrected chi connectivity index (χ2v) is 5.88. The second-order valence-electron chi connectivity index (χ2n) is 5.88. The van der Waals surface area contributed by atoms with Crippen molar-refractivity contribution in [1.82, 2.24) is 15.1 Å². The maximum absolute atomic E-state index is 12.2. The van der Waals surface area contributed by atoms with Crippen molar-refractivity contribution in [2.45, 2.75) is 38.1 Å². The fraction of sp³-hybridized carbons (Fsp3) is 0.933. The van der Waals surface area contributed by atoms with Crippen molar-refractivity contribution in [3.05, 3.63) is 0 Å². The number of hydrogen-bond acceptors (Lipinski definition) is 4. The Morgan fingerprint density at radius 2 is 1.95 bits per heavy atom. The molecule has 2 rings (SSSR count). The molecule has 2 heterocycles. The summed E-state index contributed by atoms with van der Waals surface area (Å²) in [6, 6.07) is 0.705. The van der Waals surface area contributed by atoms with Crippen molar-refractivity contribution in [2.75, 3.05) is 53.0 Å². The summed E-state index contributed by atoms with van der Waals surface area (Å²) in [5, 5.41) is 3.14. The number of hydrogen-bond donors (Lipinski definition) is 1. The van der Waals surface area contributed by atoms with E-state index >= 15 is 0 Å². The molecule has 0 spiro atoms. The highest BCUT2D eigenvalue weighted by molar-refractivity contribution is 5.78. The Hall–Kier alpha value is -0.650. The van der Waals surface area contributed by atoms with Crippen LogP contribution in [-0.4, -0.2) is 74.7 Å². The summed E-state index contributed by atoms with van der Waals surface area (Å²) >= 11 is 0. The zero-order valence-electron chi connectivity index (χ0n) is 12.8. The first-order valence-electron chi connectivity index (χ1n) is 8.02. The Morgan fingerprint density at radius 1 is 1.15 bits per heavy atom. The normalized spacial score (nSPS) is 24.9. The van der Waals surface area contributed by atoms with Crippen LogP contribution in [0, 0.1) is 0 Å². The highest BCUT2D eigenvalue weighted by atomic mass is 16.5. The van der Waals surface area contributed by atoms with Crippen LogP contribution in [0.2, 0.25) is 0 Å². The quantitative estimate of drug-likeness (QED) is 0.729. The Kier molecular flexibility index (Phi) is 6.76. The lowest BCUT2D eigenvalue weighted by molar-refractivity contribution is -0.130. The first kappa shape index (κ1) is 15.7. The Bertz CT molecular complexity index is 293. The molecule has 0 bridgehead atoms. The number of amides is 1. The molecule has 2 fully saturated rings. The van der Waals surface area contributed by atoms with Gasteiger partial charge in [0.2, 0.25) is 5.91 Å². The predicted molar refractivity (Wildman–Crippen MR) is 79.8 cm³/mol. The number of carbonyl (C=O) groups is 1. The number of methoxy groups -OCH3 is 1. The molecule has 5 nitrogen and oxygen atoms in total. The first-order valence-corrected chi connectivity index (χ1v) is 8.02. The topological polar surface area (TPSA) is 44.8 Å². The van der Waals surface area contributed by atoms with Crippen LogP contribution in [-0.2, 0) is 9.53 Å². The van der Waals surface area contributed by atoms with Crippen molar-refractivity contribution in [3.63, 3.8) is 0 Å². The van der Waals surface area contributed by atoms with Gasteiger partial charge in [0.1, 0.15) is 0 Å². The molecule has 0 aromatic rings. The van der Waals surface area contributed by atoms with Crippen molar-refractivity contribution in [3.8, 4) is 0 Å². The van der Waals surface area contributed by atoms with Crippen molar-refractivity contribution >= 4 is 5.91 Å². The van der Waals surface area contributed by atoms with E-state index < -0.39 is 0 Å².